The van der Waals surface area contributed by atoms with Crippen molar-refractivity contribution >= 4 is 16.9 Å². The van der Waals surface area contributed by atoms with E-state index in [-0.39, 0.29) is 17.1 Å². The number of nitrogens with zero attached hydrogens (tertiary/aromatic N) is 2. The Morgan fingerprint density at radius 1 is 1.13 bits per heavy atom. The van der Waals surface area contributed by atoms with Gasteiger partial charge in [0.25, 0.3) is 5.91 Å². The Hall–Kier alpha value is -2.14. The molecule has 0 aliphatic carbocycles. The van der Waals surface area contributed by atoms with Gasteiger partial charge in [0.15, 0.2) is 11.2 Å². The summed E-state index contributed by atoms with van der Waals surface area (Å²) in [6.45, 7) is 3.48. The molecule has 0 radical (unpaired) electrons. The van der Waals surface area contributed by atoms with E-state index in [1.165, 1.54) is 18.9 Å². The van der Waals surface area contributed by atoms with Crippen LogP contribution in [0.3, 0.4) is 0 Å². The second-order valence-electron chi connectivity index (χ2n) is 6.41. The Balaban J connectivity index is 1.60. The number of piperidine rings is 1. The second kappa shape index (κ2) is 5.81. The number of hydrogen-bond donors (Lipinski definition) is 0. The Kier molecular flexibility index (Phi) is 3.65. The Bertz CT molecular complexity index is 798. The summed E-state index contributed by atoms with van der Waals surface area (Å²) in [6, 6.07) is 8.83. The maximum atomic E-state index is 12.7. The fourth-order valence-corrected chi connectivity index (χ4v) is 3.71. The van der Waals surface area contributed by atoms with Crippen LogP contribution >= 0.6 is 0 Å². The molecule has 2 saturated heterocycles. The van der Waals surface area contributed by atoms with Crippen LogP contribution in [-0.2, 0) is 0 Å². The predicted molar refractivity (Wildman–Crippen MR) is 87.6 cm³/mol. The largest absolute Gasteiger partial charge is 0.451 e. The maximum absolute atomic E-state index is 12.7. The molecule has 2 fully saturated rings. The number of rotatable bonds is 1. The number of hydrogen-bond acceptors (Lipinski definition) is 4. The molecule has 5 nitrogen and oxygen atoms in total. The maximum Gasteiger partial charge on any atom is 0.289 e. The van der Waals surface area contributed by atoms with E-state index < -0.39 is 0 Å². The molecule has 120 valence electrons. The van der Waals surface area contributed by atoms with Crippen molar-refractivity contribution in [1.82, 2.24) is 9.80 Å². The summed E-state index contributed by atoms with van der Waals surface area (Å²) < 4.78 is 5.69. The summed E-state index contributed by atoms with van der Waals surface area (Å²) in [6.07, 6.45) is 3.63. The number of amides is 1. The van der Waals surface area contributed by atoms with Gasteiger partial charge in [-0.1, -0.05) is 18.6 Å². The van der Waals surface area contributed by atoms with Gasteiger partial charge in [-0.15, -0.1) is 0 Å². The van der Waals surface area contributed by atoms with E-state index in [0.717, 1.165) is 26.1 Å². The topological polar surface area (TPSA) is 53.8 Å². The number of carbonyl (C=O) groups excluding carboxylic acids is 1. The highest BCUT2D eigenvalue weighted by molar-refractivity contribution is 5.93. The smallest absolute Gasteiger partial charge is 0.289 e. The van der Waals surface area contributed by atoms with Crippen molar-refractivity contribution in [3.05, 3.63) is 46.3 Å². The Labute approximate surface area is 134 Å². The first-order valence-corrected chi connectivity index (χ1v) is 8.28. The highest BCUT2D eigenvalue weighted by Crippen LogP contribution is 2.22. The number of fused-ring (bicyclic) bond motifs is 2. The fraction of sp³-hybridized carbons (Fsp3) is 0.444. The third-order valence-electron chi connectivity index (χ3n) is 4.97. The lowest BCUT2D eigenvalue weighted by Gasteiger charge is -2.43. The van der Waals surface area contributed by atoms with Gasteiger partial charge >= 0.3 is 0 Å². The van der Waals surface area contributed by atoms with Crippen LogP contribution in [0.25, 0.3) is 11.0 Å². The summed E-state index contributed by atoms with van der Waals surface area (Å²) in [5, 5.41) is 0.515. The average Bonchev–Trinajstić information content (AvgIpc) is 2.60. The van der Waals surface area contributed by atoms with Crippen LogP contribution in [0.5, 0.6) is 0 Å². The number of piperazine rings is 1. The van der Waals surface area contributed by atoms with Crippen LogP contribution in [0, 0.1) is 0 Å². The van der Waals surface area contributed by atoms with Gasteiger partial charge in [-0.25, -0.2) is 0 Å². The van der Waals surface area contributed by atoms with Crippen molar-refractivity contribution in [2.45, 2.75) is 25.3 Å². The van der Waals surface area contributed by atoms with E-state index in [1.54, 1.807) is 24.3 Å². The van der Waals surface area contributed by atoms with E-state index in [2.05, 4.69) is 4.90 Å². The molecule has 2 aromatic rings. The summed E-state index contributed by atoms with van der Waals surface area (Å²) >= 11 is 0. The van der Waals surface area contributed by atoms with Gasteiger partial charge in [-0.3, -0.25) is 14.5 Å². The van der Waals surface area contributed by atoms with Crippen molar-refractivity contribution in [3.8, 4) is 0 Å². The molecule has 4 rings (SSSR count). The van der Waals surface area contributed by atoms with Gasteiger partial charge in [0.2, 0.25) is 0 Å². The minimum atomic E-state index is -0.168. The number of carbonyl (C=O) groups is 1. The van der Waals surface area contributed by atoms with Crippen LogP contribution in [0.15, 0.2) is 39.5 Å². The third kappa shape index (κ3) is 2.65. The zero-order valence-electron chi connectivity index (χ0n) is 13.0. The average molecular weight is 312 g/mol. The molecule has 2 aliphatic heterocycles. The second-order valence-corrected chi connectivity index (χ2v) is 6.41. The van der Waals surface area contributed by atoms with Crippen LogP contribution in [0.4, 0.5) is 0 Å². The molecular weight excluding hydrogens is 292 g/mol. The summed E-state index contributed by atoms with van der Waals surface area (Å²) in [5.41, 5.74) is 0.311. The molecule has 1 aromatic heterocycles. The molecule has 1 atom stereocenters. The van der Waals surface area contributed by atoms with Crippen molar-refractivity contribution < 1.29 is 9.21 Å². The molecule has 3 heterocycles. The summed E-state index contributed by atoms with van der Waals surface area (Å²) in [7, 11) is 0. The van der Waals surface area contributed by atoms with Gasteiger partial charge in [-0.2, -0.15) is 0 Å². The lowest BCUT2D eigenvalue weighted by atomic mass is 9.99. The van der Waals surface area contributed by atoms with Crippen molar-refractivity contribution in [1.29, 1.82) is 0 Å². The predicted octanol–water partition coefficient (Wildman–Crippen LogP) is 2.10. The van der Waals surface area contributed by atoms with Gasteiger partial charge in [0.1, 0.15) is 5.58 Å². The molecule has 1 amide bonds. The van der Waals surface area contributed by atoms with Crippen molar-refractivity contribution in [2.24, 2.45) is 0 Å². The fourth-order valence-electron chi connectivity index (χ4n) is 3.71. The zero-order valence-corrected chi connectivity index (χ0v) is 13.0. The zero-order chi connectivity index (χ0) is 15.8. The molecule has 0 N–H and O–H groups in total. The number of benzene rings is 1. The minimum Gasteiger partial charge on any atom is -0.451 e. The van der Waals surface area contributed by atoms with E-state index >= 15 is 0 Å². The van der Waals surface area contributed by atoms with Crippen LogP contribution in [0.1, 0.15) is 29.8 Å². The Morgan fingerprint density at radius 3 is 2.91 bits per heavy atom. The standard InChI is InChI=1S/C18H20N2O3/c21-15-11-17(23-16-7-2-1-6-14(15)16)18(22)20-10-9-19-8-4-3-5-13(19)12-20/h1-2,6-7,11,13H,3-5,8-10,12H2. The molecule has 23 heavy (non-hydrogen) atoms. The quantitative estimate of drug-likeness (QED) is 0.809. The van der Waals surface area contributed by atoms with Gasteiger partial charge in [0.05, 0.1) is 5.39 Å². The van der Waals surface area contributed by atoms with Crippen LogP contribution in [-0.4, -0.2) is 47.9 Å². The molecule has 0 spiro atoms. The van der Waals surface area contributed by atoms with Crippen molar-refractivity contribution in [2.75, 3.05) is 26.2 Å². The molecular formula is C18H20N2O3. The van der Waals surface area contributed by atoms with E-state index in [9.17, 15) is 9.59 Å². The Morgan fingerprint density at radius 2 is 2.00 bits per heavy atom. The van der Waals surface area contributed by atoms with Gasteiger partial charge < -0.3 is 9.32 Å². The summed E-state index contributed by atoms with van der Waals surface area (Å²) in [5.74, 6) is -0.0176. The highest BCUT2D eigenvalue weighted by atomic mass is 16.3. The first-order chi connectivity index (χ1) is 11.2. The SMILES string of the molecule is O=C(c1cc(=O)c2ccccc2o1)N1CCN2CCCCC2C1. The molecule has 2 aliphatic rings. The third-order valence-corrected chi connectivity index (χ3v) is 4.97. The molecule has 5 heteroatoms. The van der Waals surface area contributed by atoms with Gasteiger partial charge in [0, 0.05) is 31.7 Å². The number of para-hydroxylation sites is 1. The van der Waals surface area contributed by atoms with Crippen molar-refractivity contribution in [3.63, 3.8) is 0 Å². The van der Waals surface area contributed by atoms with Crippen LogP contribution < -0.4 is 5.43 Å². The first-order valence-electron chi connectivity index (χ1n) is 8.28. The normalized spacial score (nSPS) is 22.1. The molecule has 0 bridgehead atoms. The monoisotopic (exact) mass is 312 g/mol. The molecule has 1 aromatic carbocycles. The van der Waals surface area contributed by atoms with E-state index in [1.807, 2.05) is 4.90 Å². The molecule has 0 saturated carbocycles. The minimum absolute atomic E-state index is 0.151. The first kappa shape index (κ1) is 14.5. The lowest BCUT2D eigenvalue weighted by molar-refractivity contribution is 0.0351. The lowest BCUT2D eigenvalue weighted by Crippen LogP contribution is -2.56. The summed E-state index contributed by atoms with van der Waals surface area (Å²) in [4.78, 5) is 29.2. The van der Waals surface area contributed by atoms with Gasteiger partial charge in [-0.05, 0) is 31.5 Å². The molecule has 1 unspecified atom stereocenters. The highest BCUT2D eigenvalue weighted by Gasteiger charge is 2.32. The van der Waals surface area contributed by atoms with E-state index in [0.29, 0.717) is 23.6 Å². The van der Waals surface area contributed by atoms with E-state index in [4.69, 9.17) is 4.42 Å². The van der Waals surface area contributed by atoms with Crippen LogP contribution in [0.2, 0.25) is 0 Å².